The molecule has 0 amide bonds. The van der Waals surface area contributed by atoms with Gasteiger partial charge in [-0.05, 0) is 0 Å². The van der Waals surface area contributed by atoms with Crippen LogP contribution in [0.4, 0.5) is 0 Å². The maximum absolute atomic E-state index is 0. The number of hydrogen-bond donors (Lipinski definition) is 0. The van der Waals surface area contributed by atoms with E-state index < -0.39 is 0 Å². The maximum atomic E-state index is 0. The summed E-state index contributed by atoms with van der Waals surface area (Å²) in [6.07, 6.45) is 0. The summed E-state index contributed by atoms with van der Waals surface area (Å²) in [6.45, 7) is 0. The van der Waals surface area contributed by atoms with Crippen LogP contribution in [0.15, 0.2) is 0 Å². The molecule has 0 aromatic heterocycles. The summed E-state index contributed by atoms with van der Waals surface area (Å²) >= 11 is 0. The van der Waals surface area contributed by atoms with Crippen LogP contribution in [0.25, 0.3) is 0 Å². The van der Waals surface area contributed by atoms with Crippen molar-refractivity contribution in [3.63, 3.8) is 0 Å². The Morgan fingerprint density at radius 1 is 0.800 bits per heavy atom. The summed E-state index contributed by atoms with van der Waals surface area (Å²) in [5.74, 6) is 0. The SMILES string of the molecule is [Al+3].[As-3].[As-3].[Ga+3].[Si]. The second-order valence-electron chi connectivity index (χ2n) is 0. The zero-order chi connectivity index (χ0) is 0. The molecule has 0 saturated carbocycles. The van der Waals surface area contributed by atoms with Gasteiger partial charge in [0, 0.05) is 11.0 Å². The van der Waals surface area contributed by atoms with Crippen molar-refractivity contribution in [3.8, 4) is 0 Å². The quantitative estimate of drug-likeness (QED) is 0.453. The van der Waals surface area contributed by atoms with Crippen LogP contribution in [0.1, 0.15) is 0 Å². The Hall–Kier alpha value is 2.50. The van der Waals surface area contributed by atoms with E-state index in [2.05, 4.69) is 0 Å². The first kappa shape index (κ1) is 50.7. The molecular formula is AlAs2GaSi. The van der Waals surface area contributed by atoms with Gasteiger partial charge in [-0.1, -0.05) is 0 Å². The molecule has 0 aliphatic carbocycles. The van der Waals surface area contributed by atoms with E-state index in [9.17, 15) is 0 Å². The Kier molecular flexibility index (Phi) is 318. The summed E-state index contributed by atoms with van der Waals surface area (Å²) in [5.41, 5.74) is 0. The second-order valence-corrected chi connectivity index (χ2v) is 0. The molecule has 0 bridgehead atoms. The van der Waals surface area contributed by atoms with E-state index in [-0.39, 0.29) is 84.0 Å². The molecule has 0 rings (SSSR count). The van der Waals surface area contributed by atoms with Crippen molar-refractivity contribution in [1.82, 2.24) is 0 Å². The van der Waals surface area contributed by atoms with Gasteiger partial charge in [-0.15, -0.1) is 0 Å². The molecule has 5 heteroatoms. The van der Waals surface area contributed by atoms with Crippen LogP contribution in [0.5, 0.6) is 0 Å². The molecule has 0 aromatic rings. The number of hydrogen-bond acceptors (Lipinski definition) is 0. The van der Waals surface area contributed by atoms with E-state index in [4.69, 9.17) is 0 Å². The van der Waals surface area contributed by atoms with Crippen molar-refractivity contribution in [3.05, 3.63) is 0 Å². The molecule has 0 atom stereocenters. The maximum Gasteiger partial charge on any atom is 3.00 e. The molecule has 0 spiro atoms. The average molecular weight is 275 g/mol. The molecule has 0 aliphatic rings. The van der Waals surface area contributed by atoms with E-state index >= 15 is 0 Å². The van der Waals surface area contributed by atoms with Gasteiger partial charge in [0.15, 0.2) is 0 Å². The minimum absolute atomic E-state index is 0. The van der Waals surface area contributed by atoms with Crippen molar-refractivity contribution in [2.75, 3.05) is 0 Å². The zero-order valence-corrected chi connectivity index (χ0v) is 10.9. The van der Waals surface area contributed by atoms with Crippen molar-refractivity contribution in [1.29, 1.82) is 0 Å². The fraction of sp³-hybridized carbons (Fsp3) is 0. The van der Waals surface area contributed by atoms with Gasteiger partial charge in [-0.2, -0.15) is 0 Å². The molecule has 0 nitrogen and oxygen atoms in total. The normalized spacial score (nSPS) is 0. The third kappa shape index (κ3) is 21.0. The summed E-state index contributed by atoms with van der Waals surface area (Å²) in [5, 5.41) is 0. The second kappa shape index (κ2) is 31.4. The summed E-state index contributed by atoms with van der Waals surface area (Å²) in [6, 6.07) is 0. The van der Waals surface area contributed by atoms with E-state index in [1.165, 1.54) is 0 Å². The van der Waals surface area contributed by atoms with Crippen molar-refractivity contribution in [2.24, 2.45) is 0 Å². The van der Waals surface area contributed by atoms with Gasteiger partial charge in [0.2, 0.25) is 0 Å². The Morgan fingerprint density at radius 3 is 0.800 bits per heavy atom. The van der Waals surface area contributed by atoms with Crippen molar-refractivity contribution in [2.45, 2.75) is 0 Å². The molecule has 20 valence electrons. The Labute approximate surface area is 83.1 Å². The predicted octanol–water partition coefficient (Wildman–Crippen LogP) is -1.90. The van der Waals surface area contributed by atoms with Gasteiger partial charge in [0.25, 0.3) is 0 Å². The van der Waals surface area contributed by atoms with E-state index in [1.54, 1.807) is 0 Å². The third-order valence-corrected chi connectivity index (χ3v) is 0. The van der Waals surface area contributed by atoms with Gasteiger partial charge in [0.1, 0.15) is 0 Å². The van der Waals surface area contributed by atoms with Gasteiger partial charge < -0.3 is 35.9 Å². The molecule has 0 aromatic carbocycles. The standard InChI is InChI=1S/Al.2As.Ga.Si/q+3;2*-3;+3;. The van der Waals surface area contributed by atoms with E-state index in [0.29, 0.717) is 0 Å². The fourth-order valence-electron chi connectivity index (χ4n) is 0. The monoisotopic (exact) mass is 274 g/mol. The van der Waals surface area contributed by atoms with Crippen LogP contribution in [0.2, 0.25) is 0 Å². The number of rotatable bonds is 0. The topological polar surface area (TPSA) is 0 Å². The average Bonchev–Trinajstić information content (AvgIpc) is 0. The van der Waals surface area contributed by atoms with Crippen LogP contribution < -0.4 is 0 Å². The first-order chi connectivity index (χ1) is 0. The molecule has 4 radical (unpaired) electrons. The fourth-order valence-corrected chi connectivity index (χ4v) is 0. The molecule has 0 unspecified atom stereocenters. The van der Waals surface area contributed by atoms with Crippen LogP contribution in [0.3, 0.4) is 0 Å². The van der Waals surface area contributed by atoms with Gasteiger partial charge in [0.05, 0.1) is 0 Å². The largest absolute Gasteiger partial charge is 3.00 e. The smallest absolute Gasteiger partial charge is 3.00 e. The minimum Gasteiger partial charge on any atom is -3.00 e. The molecule has 0 saturated heterocycles. The molecular weight excluding hydrogens is 275 g/mol. The first-order valence-electron chi connectivity index (χ1n) is 0. The summed E-state index contributed by atoms with van der Waals surface area (Å²) < 4.78 is 0. The Balaban J connectivity index is 0. The van der Waals surface area contributed by atoms with Gasteiger partial charge >= 0.3 is 37.2 Å². The van der Waals surface area contributed by atoms with E-state index in [0.717, 1.165) is 0 Å². The zero-order valence-electron chi connectivity index (χ0n) is 2.55. The molecule has 0 heterocycles. The van der Waals surface area contributed by atoms with Crippen molar-refractivity contribution >= 4 is 84.0 Å². The molecule has 0 N–H and O–H groups in total. The molecule has 5 heavy (non-hydrogen) atoms. The minimum atomic E-state index is 0. The van der Waals surface area contributed by atoms with Gasteiger partial charge in [-0.3, -0.25) is 0 Å². The Morgan fingerprint density at radius 2 is 0.800 bits per heavy atom. The first-order valence-corrected chi connectivity index (χ1v) is 0. The van der Waals surface area contributed by atoms with E-state index in [1.807, 2.05) is 0 Å². The van der Waals surface area contributed by atoms with Crippen LogP contribution in [-0.4, -0.2) is 84.0 Å². The van der Waals surface area contributed by atoms with Crippen molar-refractivity contribution < 1.29 is 0 Å². The summed E-state index contributed by atoms with van der Waals surface area (Å²) in [7, 11) is 0. The van der Waals surface area contributed by atoms with Crippen LogP contribution in [0, 0.1) is 0 Å². The summed E-state index contributed by atoms with van der Waals surface area (Å²) in [4.78, 5) is 0. The Bertz CT molecular complexity index is 9.61. The predicted molar refractivity (Wildman–Crippen MR) is 28.8 cm³/mol. The van der Waals surface area contributed by atoms with Gasteiger partial charge in [-0.25, -0.2) is 0 Å². The molecule has 0 fully saturated rings. The molecule has 0 aliphatic heterocycles. The van der Waals surface area contributed by atoms with Crippen LogP contribution >= 0.6 is 0 Å². The van der Waals surface area contributed by atoms with Crippen LogP contribution in [-0.2, 0) is 0 Å². The third-order valence-electron chi connectivity index (χ3n) is 0.